The summed E-state index contributed by atoms with van der Waals surface area (Å²) in [5.41, 5.74) is 15.0. The van der Waals surface area contributed by atoms with Gasteiger partial charge in [0.15, 0.2) is 66.7 Å². The van der Waals surface area contributed by atoms with Gasteiger partial charge in [0.05, 0.1) is 60.3 Å². The number of nitrogens with zero attached hydrogens (tertiary/aromatic N) is 8. The predicted molar refractivity (Wildman–Crippen MR) is 509 cm³/mol. The van der Waals surface area contributed by atoms with Gasteiger partial charge in [-0.3, -0.25) is 43.8 Å². The lowest BCUT2D eigenvalue weighted by atomic mass is 9.94. The molecule has 8 aliphatic heterocycles. The fraction of sp³-hybridized carbons (Fsp3) is 0.196. The van der Waals surface area contributed by atoms with Gasteiger partial charge in [-0.25, -0.2) is 19.4 Å². The first-order valence-electron chi connectivity index (χ1n) is 42.0. The van der Waals surface area contributed by atoms with Crippen molar-refractivity contribution in [2.75, 3.05) is 67.6 Å². The smallest absolute Gasteiger partial charge is 0.271 e. The fourth-order valence-corrected chi connectivity index (χ4v) is 18.7. The van der Waals surface area contributed by atoms with E-state index in [2.05, 4.69) is 19.1 Å². The van der Waals surface area contributed by atoms with Crippen molar-refractivity contribution in [2.24, 2.45) is 20.0 Å². The molecule has 127 heavy (non-hydrogen) atoms. The van der Waals surface area contributed by atoms with Gasteiger partial charge in [0, 0.05) is 6.04 Å². The van der Waals surface area contributed by atoms with Crippen LogP contribution in [0.5, 0.6) is 46.0 Å². The lowest BCUT2D eigenvalue weighted by molar-refractivity contribution is -0.124. The second-order valence-electron chi connectivity index (χ2n) is 30.9. The number of para-hydroxylation sites is 1. The minimum atomic E-state index is -0.289. The van der Waals surface area contributed by atoms with Gasteiger partial charge in [-0.2, -0.15) is 0 Å². The van der Waals surface area contributed by atoms with E-state index in [1.54, 1.807) is 26.8 Å². The molecule has 0 radical (unpaired) electrons. The second-order valence-corrected chi connectivity index (χ2v) is 34.9. The van der Waals surface area contributed by atoms with Crippen LogP contribution >= 0.6 is 47.0 Å². The van der Waals surface area contributed by atoms with Crippen LogP contribution in [0, 0.1) is 40.4 Å². The first-order chi connectivity index (χ1) is 62.0. The molecule has 0 unspecified atom stereocenters. The molecule has 0 aromatic heterocycles. The molecule has 4 saturated heterocycles. The largest absolute Gasteiger partial charge is 0.486 e. The average Bonchev–Trinajstić information content (AvgIpc) is 1.65. The lowest BCUT2D eigenvalue weighted by Gasteiger charge is -2.30. The van der Waals surface area contributed by atoms with E-state index in [-0.39, 0.29) is 35.5 Å². The highest BCUT2D eigenvalue weighted by molar-refractivity contribution is 8.20. The zero-order valence-corrected chi connectivity index (χ0v) is 73.7. The molecule has 9 aliphatic rings. The Kier molecular flexibility index (Phi) is 27.0. The number of halogens is 1. The number of fused-ring (bicyclic) bond motifs is 4. The van der Waals surface area contributed by atoms with Crippen molar-refractivity contribution in [3.8, 4) is 46.0 Å². The number of aliphatic imine (C=N–C) groups is 4. The van der Waals surface area contributed by atoms with E-state index in [0.29, 0.717) is 118 Å². The number of amides is 4. The summed E-state index contributed by atoms with van der Waals surface area (Å²) in [6.07, 6.45) is 13.2. The van der Waals surface area contributed by atoms with E-state index in [4.69, 9.17) is 57.9 Å². The van der Waals surface area contributed by atoms with Gasteiger partial charge in [0.25, 0.3) is 23.6 Å². The van der Waals surface area contributed by atoms with E-state index in [0.717, 1.165) is 132 Å². The van der Waals surface area contributed by atoms with Gasteiger partial charge >= 0.3 is 0 Å². The van der Waals surface area contributed by atoms with E-state index in [9.17, 15) is 23.6 Å². The highest BCUT2D eigenvalue weighted by Crippen LogP contribution is 2.45. The Balaban J connectivity index is 0.000000119. The van der Waals surface area contributed by atoms with Crippen LogP contribution < -0.4 is 52.6 Å². The Hall–Kier alpha value is -13.3. The summed E-state index contributed by atoms with van der Waals surface area (Å²) in [7, 11) is 0. The van der Waals surface area contributed by atoms with Crippen LogP contribution in [0.3, 0.4) is 0 Å². The van der Waals surface area contributed by atoms with Crippen molar-refractivity contribution in [3.63, 3.8) is 0 Å². The second kappa shape index (κ2) is 39.9. The predicted octanol–water partition coefficient (Wildman–Crippen LogP) is 22.7. The van der Waals surface area contributed by atoms with Crippen molar-refractivity contribution < 1.29 is 61.5 Å². The quantitative estimate of drug-likeness (QED) is 0.0985. The Labute approximate surface area is 753 Å². The summed E-state index contributed by atoms with van der Waals surface area (Å²) >= 11 is 5.53. The lowest BCUT2D eigenvalue weighted by Crippen LogP contribution is -2.40. The Morgan fingerprint density at radius 2 is 0.622 bits per heavy atom. The first-order valence-corrected chi connectivity index (χ1v) is 45.2. The first kappa shape index (κ1) is 85.8. The van der Waals surface area contributed by atoms with Crippen molar-refractivity contribution in [1.29, 1.82) is 0 Å². The van der Waals surface area contributed by atoms with Gasteiger partial charge in [0.2, 0.25) is 0 Å². The van der Waals surface area contributed by atoms with Crippen LogP contribution in [0.1, 0.15) is 87.7 Å². The van der Waals surface area contributed by atoms with Gasteiger partial charge < -0.3 is 37.9 Å². The molecule has 4 amide bonds. The molecule has 11 aromatic carbocycles. The SMILES string of the molecule is Cc1ccc(N2C(=O)/C(=C/c3ccc4c(c3)OCCO4)SC2=NCc2ccc(F)cc2)cc1.Cc1ccc(N2C(=O)/C(=C/c3ccc4c(c3)OCCO4)SC2=Nc2ccccc2)cc1.Cc1ccc(N=C2S/C(=C\c3ccc4c(c3)OCCO4)C(=O)N2C2CCCCC2)cc1.Cc1ccc(N=C2S/C(=C\c3ccc4c(c3)OCCO4)C(=O)N2c2ccc(C)cc2)cc1. The van der Waals surface area contributed by atoms with Crippen LogP contribution in [0.15, 0.2) is 288 Å². The molecule has 1 saturated carbocycles. The summed E-state index contributed by atoms with van der Waals surface area (Å²) in [5, 5.41) is 2.62. The van der Waals surface area contributed by atoms with Crippen LogP contribution in [0.4, 0.5) is 38.5 Å². The van der Waals surface area contributed by atoms with Gasteiger partial charge in [-0.05, 0) is 280 Å². The maximum Gasteiger partial charge on any atom is 0.271 e. The molecule has 0 atom stereocenters. The number of carbonyl (C=O) groups is 4. The van der Waals surface area contributed by atoms with Crippen molar-refractivity contribution in [1.82, 2.24) is 4.90 Å². The number of hydrogen-bond donors (Lipinski definition) is 0. The number of ether oxygens (including phenoxy) is 8. The summed E-state index contributed by atoms with van der Waals surface area (Å²) in [5.74, 6) is 5.14. The summed E-state index contributed by atoms with van der Waals surface area (Å²) in [6.45, 7) is 14.8. The van der Waals surface area contributed by atoms with Crippen molar-refractivity contribution >= 4 is 150 Å². The summed E-state index contributed by atoms with van der Waals surface area (Å²) < 4.78 is 58.4. The maximum atomic E-state index is 13.5. The highest BCUT2D eigenvalue weighted by atomic mass is 32.2. The standard InChI is InChI=1S/C26H21FN2O3S.C26H22N2O3S.C25H26N2O3S.C25H20N2O3S/c1-17-2-9-21(10-3-17)29-25(30)24(15-19-6-11-22-23(14-19)32-13-12-31-22)33-26(29)28-16-18-4-7-20(27)8-5-18;1-17-3-8-20(9-4-17)27-26-28(21-10-5-18(2)6-11-21)25(29)24(32-26)16-19-7-12-22-23(15-19)31-14-13-30-22;1-17-7-10-19(11-8-17)26-25-27(20-5-3-2-4-6-20)24(28)23(31-25)16-18-9-12-21-22(15-18)30-14-13-29-21;1-17-7-10-20(11-8-17)27-24(28)23(31-25(27)26-19-5-3-2-4-6-19)16-18-9-12-21-22(15-18)30-14-13-29-21/h2-11,14-15H,12-13,16H2,1H3;3-12,15-16H,13-14H2,1-2H3;7-12,15-16,20H,2-6,13-14H2,1H3;2-12,15-16H,13-14H2,1H3/b24-15-,28-26?;24-16-,27-26?;2*23-16-,26-25?. The molecule has 8 heterocycles. The number of aryl methyl sites for hydroxylation is 5. The Bertz CT molecular complexity index is 6220. The third kappa shape index (κ3) is 21.1. The number of amidine groups is 4. The third-order valence-electron chi connectivity index (χ3n) is 21.3. The summed E-state index contributed by atoms with van der Waals surface area (Å²) in [6, 6.07) is 78.6. The summed E-state index contributed by atoms with van der Waals surface area (Å²) in [4.78, 5) is 82.2. The highest BCUT2D eigenvalue weighted by Gasteiger charge is 2.41. The molecule has 5 fully saturated rings. The zero-order chi connectivity index (χ0) is 87.3. The van der Waals surface area contributed by atoms with Gasteiger partial charge in [-0.1, -0.05) is 162 Å². The third-order valence-corrected chi connectivity index (χ3v) is 25.3. The normalized spacial score (nSPS) is 18.9. The molecular weight excluding hydrogens is 1680 g/mol. The molecule has 0 N–H and O–H groups in total. The minimum Gasteiger partial charge on any atom is -0.486 e. The van der Waals surface area contributed by atoms with Crippen LogP contribution in [-0.2, 0) is 25.7 Å². The Morgan fingerprint density at radius 3 is 0.984 bits per heavy atom. The van der Waals surface area contributed by atoms with Crippen LogP contribution in [-0.4, -0.2) is 108 Å². The average molecular weight is 1770 g/mol. The number of thioether (sulfide) groups is 4. The van der Waals surface area contributed by atoms with Crippen molar-refractivity contribution in [3.05, 3.63) is 330 Å². The van der Waals surface area contributed by atoms with E-state index in [1.807, 2.05) is 269 Å². The fourth-order valence-electron chi connectivity index (χ4n) is 14.7. The molecule has 20 nitrogen and oxygen atoms in total. The maximum absolute atomic E-state index is 13.5. The van der Waals surface area contributed by atoms with Gasteiger partial charge in [0.1, 0.15) is 58.7 Å². The van der Waals surface area contributed by atoms with Crippen molar-refractivity contribution in [2.45, 2.75) is 79.3 Å². The number of rotatable bonds is 13. The van der Waals surface area contributed by atoms with E-state index in [1.165, 1.54) is 76.7 Å². The molecule has 0 bridgehead atoms. The molecule has 1 aliphatic carbocycles. The zero-order valence-electron chi connectivity index (χ0n) is 70.4. The monoisotopic (exact) mass is 1760 g/mol. The molecule has 640 valence electrons. The molecule has 25 heteroatoms. The van der Waals surface area contributed by atoms with Crippen LogP contribution in [0.2, 0.25) is 0 Å². The molecule has 0 spiro atoms. The molecule has 20 rings (SSSR count). The number of anilines is 3. The van der Waals surface area contributed by atoms with Crippen LogP contribution in [0.25, 0.3) is 24.3 Å². The topological polar surface area (TPSA) is 205 Å². The van der Waals surface area contributed by atoms with Gasteiger partial charge in [-0.15, -0.1) is 0 Å². The number of carbonyl (C=O) groups excluding carboxylic acids is 4. The van der Waals surface area contributed by atoms with E-state index >= 15 is 0 Å². The molecular formula is C102H89FN8O12S4. The number of benzene rings is 11. The van der Waals surface area contributed by atoms with E-state index < -0.39 is 0 Å². The minimum absolute atomic E-state index is 0.0534. The molecule has 11 aromatic rings. The number of hydrogen-bond acceptors (Lipinski definition) is 20. The Morgan fingerprint density at radius 1 is 0.323 bits per heavy atom.